The van der Waals surface area contributed by atoms with E-state index in [1.165, 1.54) is 5.52 Å². The Balaban J connectivity index is 0.00000218. The van der Waals surface area contributed by atoms with Gasteiger partial charge >= 0.3 is 0 Å². The average molecular weight is 463 g/mol. The number of imidazole rings is 1. The Hall–Kier alpha value is -2.62. The number of nitrogens with zero attached hydrogens (tertiary/aromatic N) is 3. The molecule has 0 saturated heterocycles. The fourth-order valence-corrected chi connectivity index (χ4v) is 3.82. The normalized spacial score (nSPS) is 10.7. The van der Waals surface area contributed by atoms with E-state index in [-0.39, 0.29) is 32.7 Å². The van der Waals surface area contributed by atoms with Crippen LogP contribution in [0.4, 0.5) is 0 Å². The van der Waals surface area contributed by atoms with Gasteiger partial charge in [0.1, 0.15) is 5.69 Å². The topological polar surface area (TPSA) is 21.7 Å². The van der Waals surface area contributed by atoms with E-state index in [0.717, 1.165) is 39.4 Å². The van der Waals surface area contributed by atoms with Crippen LogP contribution in [0.1, 0.15) is 5.56 Å². The van der Waals surface area contributed by atoms with Gasteiger partial charge in [-0.2, -0.15) is 35.9 Å². The van der Waals surface area contributed by atoms with Crippen LogP contribution in [0.15, 0.2) is 85.1 Å². The molecule has 3 aromatic carbocycles. The number of hydrogen-bond donors (Lipinski definition) is 0. The molecule has 0 aliphatic carbocycles. The van der Waals surface area contributed by atoms with Crippen LogP contribution >= 0.6 is 0 Å². The smallest absolute Gasteiger partial charge is 0.213 e. The molecule has 1 radical (unpaired) electrons. The molecule has 0 fully saturated rings. The van der Waals surface area contributed by atoms with E-state index in [9.17, 15) is 0 Å². The van der Waals surface area contributed by atoms with Gasteiger partial charge in [0.05, 0.1) is 7.05 Å². The third-order valence-corrected chi connectivity index (χ3v) is 5.24. The zero-order chi connectivity index (χ0) is 19.8. The van der Waals surface area contributed by atoms with Crippen LogP contribution in [0.25, 0.3) is 39.4 Å². The summed E-state index contributed by atoms with van der Waals surface area (Å²) in [7, 11) is 2.11. The first kappa shape index (κ1) is 20.6. The molecule has 0 N–H and O–H groups in total. The monoisotopic (exact) mass is 463 g/mol. The summed E-state index contributed by atoms with van der Waals surface area (Å²) in [5, 5.41) is 0. The molecule has 0 amide bonds. The minimum Gasteiger partial charge on any atom is -0.334 e. The largest absolute Gasteiger partial charge is 0.334 e. The number of aryl methyl sites for hydroxylation is 2. The van der Waals surface area contributed by atoms with E-state index in [0.29, 0.717) is 0 Å². The molecular formula is C26H20N3Y-. The van der Waals surface area contributed by atoms with Gasteiger partial charge in [0, 0.05) is 32.7 Å². The van der Waals surface area contributed by atoms with Crippen LogP contribution in [0.5, 0.6) is 0 Å². The first-order chi connectivity index (χ1) is 14.2. The average Bonchev–Trinajstić information content (AvgIpc) is 3.08. The first-order valence-electron chi connectivity index (χ1n) is 9.65. The molecule has 0 aliphatic heterocycles. The van der Waals surface area contributed by atoms with Crippen molar-refractivity contribution >= 4 is 11.0 Å². The van der Waals surface area contributed by atoms with Crippen LogP contribution in [-0.4, -0.2) is 9.55 Å². The third kappa shape index (κ3) is 3.53. The quantitative estimate of drug-likeness (QED) is 0.270. The van der Waals surface area contributed by atoms with Crippen LogP contribution < -0.4 is 4.57 Å². The number of para-hydroxylation sites is 3. The second kappa shape index (κ2) is 8.63. The summed E-state index contributed by atoms with van der Waals surface area (Å²) in [5.41, 5.74) is 7.32. The van der Waals surface area contributed by atoms with Crippen molar-refractivity contribution in [3.05, 3.63) is 103 Å². The fourth-order valence-electron chi connectivity index (χ4n) is 3.82. The number of hydrogen-bond acceptors (Lipinski definition) is 1. The van der Waals surface area contributed by atoms with Crippen LogP contribution in [0.3, 0.4) is 0 Å². The number of fused-ring (bicyclic) bond motifs is 1. The van der Waals surface area contributed by atoms with Gasteiger partial charge < -0.3 is 4.98 Å². The number of pyridine rings is 1. The summed E-state index contributed by atoms with van der Waals surface area (Å²) >= 11 is 0. The van der Waals surface area contributed by atoms with E-state index < -0.39 is 0 Å². The van der Waals surface area contributed by atoms with Crippen LogP contribution in [-0.2, 0) is 39.8 Å². The zero-order valence-corrected chi connectivity index (χ0v) is 19.8. The van der Waals surface area contributed by atoms with E-state index in [1.54, 1.807) is 0 Å². The van der Waals surface area contributed by atoms with Gasteiger partial charge in [0.2, 0.25) is 5.82 Å². The molecule has 30 heavy (non-hydrogen) atoms. The van der Waals surface area contributed by atoms with Gasteiger partial charge in [-0.3, -0.25) is 4.57 Å². The second-order valence-electron chi connectivity index (χ2n) is 7.11. The van der Waals surface area contributed by atoms with E-state index in [1.807, 2.05) is 36.5 Å². The van der Waals surface area contributed by atoms with Crippen molar-refractivity contribution in [2.75, 3.05) is 0 Å². The molecule has 143 valence electrons. The Morgan fingerprint density at radius 3 is 2.40 bits per heavy atom. The van der Waals surface area contributed by atoms with Crippen molar-refractivity contribution in [3.63, 3.8) is 0 Å². The first-order valence-corrected chi connectivity index (χ1v) is 9.65. The van der Waals surface area contributed by atoms with E-state index >= 15 is 0 Å². The molecule has 0 saturated carbocycles. The van der Waals surface area contributed by atoms with Crippen LogP contribution in [0.2, 0.25) is 0 Å². The third-order valence-electron chi connectivity index (χ3n) is 5.24. The van der Waals surface area contributed by atoms with Crippen molar-refractivity contribution in [1.82, 2.24) is 9.55 Å². The molecular weight excluding hydrogens is 443 g/mol. The molecule has 0 aliphatic rings. The van der Waals surface area contributed by atoms with Crippen molar-refractivity contribution in [2.24, 2.45) is 7.05 Å². The minimum absolute atomic E-state index is 0. The van der Waals surface area contributed by atoms with Gasteiger partial charge in [0.15, 0.2) is 11.0 Å². The molecule has 5 rings (SSSR count). The number of aromatic nitrogens is 3. The molecule has 0 unspecified atom stereocenters. The van der Waals surface area contributed by atoms with Gasteiger partial charge in [0.25, 0.3) is 0 Å². The Bertz CT molecular complexity index is 1310. The predicted molar refractivity (Wildman–Crippen MR) is 116 cm³/mol. The van der Waals surface area contributed by atoms with Crippen molar-refractivity contribution < 1.29 is 37.3 Å². The molecule has 0 atom stereocenters. The van der Waals surface area contributed by atoms with Gasteiger partial charge in [-0.1, -0.05) is 54.1 Å². The van der Waals surface area contributed by atoms with Crippen molar-refractivity contribution in [1.29, 1.82) is 0 Å². The molecule has 3 nitrogen and oxygen atoms in total. The molecule has 2 aromatic heterocycles. The zero-order valence-electron chi connectivity index (χ0n) is 17.0. The second-order valence-corrected chi connectivity index (χ2v) is 7.11. The summed E-state index contributed by atoms with van der Waals surface area (Å²) in [6, 6.07) is 33.7. The number of benzene rings is 3. The Morgan fingerprint density at radius 2 is 1.63 bits per heavy atom. The molecule has 5 aromatic rings. The Morgan fingerprint density at radius 1 is 0.900 bits per heavy atom. The van der Waals surface area contributed by atoms with Crippen molar-refractivity contribution in [2.45, 2.75) is 6.92 Å². The Labute approximate surface area is 201 Å². The van der Waals surface area contributed by atoms with Crippen LogP contribution in [0, 0.1) is 19.1 Å². The van der Waals surface area contributed by atoms with Gasteiger partial charge in [-0.25, -0.2) is 4.57 Å². The van der Waals surface area contributed by atoms with Gasteiger partial charge in [-0.05, 0) is 30.5 Å². The van der Waals surface area contributed by atoms with Crippen molar-refractivity contribution in [3.8, 4) is 28.3 Å². The van der Waals surface area contributed by atoms with E-state index in [2.05, 4.69) is 88.8 Å². The maximum Gasteiger partial charge on any atom is 0.213 e. The number of rotatable bonds is 3. The summed E-state index contributed by atoms with van der Waals surface area (Å²) in [5.74, 6) is 1.08. The molecule has 0 bridgehead atoms. The molecule has 0 spiro atoms. The molecule has 2 heterocycles. The summed E-state index contributed by atoms with van der Waals surface area (Å²) < 4.78 is 4.53. The summed E-state index contributed by atoms with van der Waals surface area (Å²) in [6.45, 7) is 2.09. The summed E-state index contributed by atoms with van der Waals surface area (Å²) in [6.07, 6.45) is 1.93. The van der Waals surface area contributed by atoms with Gasteiger partial charge in [-0.15, -0.1) is 6.07 Å². The fraction of sp³-hybridized carbons (Fsp3) is 0.0769. The standard InChI is InChI=1S/C26H20N3.Y/c1-19-18-27-23(20-11-5-3-6-12-20)17-22(19)26-28(2)24-15-9-10-16-25(24)29(26)21-13-7-4-8-14-21;/h3-11,13-16,18H,1-2H3;/q-1;. The Kier molecular flexibility index (Phi) is 5.94. The summed E-state index contributed by atoms with van der Waals surface area (Å²) in [4.78, 5) is 4.62. The maximum atomic E-state index is 4.62. The predicted octanol–water partition coefficient (Wildman–Crippen LogP) is 5.09. The SMILES string of the molecule is Cc1cnc(-c2[c-]cccc2)[c-]c1-c1n(-c2ccccc2)c2ccccc2[n+]1C.[Y]. The minimum atomic E-state index is 0. The van der Waals surface area contributed by atoms with E-state index in [4.69, 9.17) is 0 Å². The molecule has 4 heteroatoms. The maximum absolute atomic E-state index is 4.62.